The molecular formula is C20H21Cl2N3. The minimum Gasteiger partial charge on any atom is -0.367 e. The van der Waals surface area contributed by atoms with Crippen LogP contribution >= 0.6 is 24.0 Å². The topological polar surface area (TPSA) is 28.2 Å². The van der Waals surface area contributed by atoms with Crippen LogP contribution in [0.3, 0.4) is 0 Å². The van der Waals surface area contributed by atoms with Crippen molar-refractivity contribution in [3.63, 3.8) is 0 Å². The Hall–Kier alpha value is -1.81. The number of piperazine rings is 1. The molecule has 0 amide bonds. The second-order valence-corrected chi connectivity index (χ2v) is 6.67. The molecule has 2 aromatic carbocycles. The summed E-state index contributed by atoms with van der Waals surface area (Å²) in [5.74, 6) is 0. The third-order valence-corrected chi connectivity index (χ3v) is 4.74. The Balaban J connectivity index is 0.00000182. The van der Waals surface area contributed by atoms with Crippen LogP contribution in [0.1, 0.15) is 11.1 Å². The van der Waals surface area contributed by atoms with Crippen molar-refractivity contribution < 1.29 is 0 Å². The van der Waals surface area contributed by atoms with Crippen LogP contribution in [-0.2, 0) is 6.42 Å². The van der Waals surface area contributed by atoms with Crippen LogP contribution in [-0.4, -0.2) is 31.2 Å². The third-order valence-electron chi connectivity index (χ3n) is 4.50. The van der Waals surface area contributed by atoms with Gasteiger partial charge in [0.1, 0.15) is 0 Å². The molecule has 1 aromatic heterocycles. The zero-order valence-corrected chi connectivity index (χ0v) is 15.5. The van der Waals surface area contributed by atoms with Crippen LogP contribution in [0.15, 0.2) is 54.7 Å². The number of nitrogens with one attached hydrogen (secondary N) is 1. The van der Waals surface area contributed by atoms with Gasteiger partial charge >= 0.3 is 0 Å². The quantitative estimate of drug-likeness (QED) is 0.741. The smallest absolute Gasteiger partial charge is 0.0935 e. The number of benzene rings is 2. The lowest BCUT2D eigenvalue weighted by molar-refractivity contribution is 0.590. The molecule has 1 aliphatic rings. The molecule has 0 aliphatic carbocycles. The Morgan fingerprint density at radius 1 is 1.00 bits per heavy atom. The average molecular weight is 374 g/mol. The van der Waals surface area contributed by atoms with Crippen LogP contribution in [0, 0.1) is 0 Å². The molecule has 0 saturated carbocycles. The average Bonchev–Trinajstić information content (AvgIpc) is 2.62. The number of fused-ring (bicyclic) bond motifs is 1. The zero-order valence-electron chi connectivity index (χ0n) is 13.9. The fourth-order valence-electron chi connectivity index (χ4n) is 3.33. The van der Waals surface area contributed by atoms with Gasteiger partial charge in [-0.1, -0.05) is 35.9 Å². The van der Waals surface area contributed by atoms with Crippen molar-refractivity contribution in [1.82, 2.24) is 10.3 Å². The molecule has 5 heteroatoms. The number of hydrogen-bond donors (Lipinski definition) is 1. The summed E-state index contributed by atoms with van der Waals surface area (Å²) in [7, 11) is 0. The van der Waals surface area contributed by atoms with Crippen LogP contribution in [0.25, 0.3) is 10.9 Å². The number of rotatable bonds is 3. The molecule has 3 nitrogen and oxygen atoms in total. The van der Waals surface area contributed by atoms with Crippen molar-refractivity contribution >= 4 is 40.6 Å². The zero-order chi connectivity index (χ0) is 16.4. The van der Waals surface area contributed by atoms with Crippen molar-refractivity contribution in [1.29, 1.82) is 0 Å². The van der Waals surface area contributed by atoms with Gasteiger partial charge in [0.05, 0.1) is 11.2 Å². The standard InChI is InChI=1S/C20H20ClN3.ClH/c21-18-5-1-3-15(13-18)11-16-12-17-4-2-6-19(20(17)23-14-16)24-9-7-22-8-10-24;/h1-6,12-14,22H,7-11H2;1H. The maximum Gasteiger partial charge on any atom is 0.0935 e. The third kappa shape index (κ3) is 4.06. The first-order valence-electron chi connectivity index (χ1n) is 8.37. The maximum atomic E-state index is 6.09. The number of anilines is 1. The summed E-state index contributed by atoms with van der Waals surface area (Å²) in [5.41, 5.74) is 4.75. The molecule has 0 radical (unpaired) electrons. The van der Waals surface area contributed by atoms with Crippen molar-refractivity contribution in [3.05, 3.63) is 70.9 Å². The molecule has 0 atom stereocenters. The highest BCUT2D eigenvalue weighted by Crippen LogP contribution is 2.26. The van der Waals surface area contributed by atoms with Gasteiger partial charge in [0.15, 0.2) is 0 Å². The Morgan fingerprint density at radius 2 is 1.80 bits per heavy atom. The van der Waals surface area contributed by atoms with E-state index in [1.807, 2.05) is 24.4 Å². The fourth-order valence-corrected chi connectivity index (χ4v) is 3.54. The molecule has 25 heavy (non-hydrogen) atoms. The van der Waals surface area contributed by atoms with Gasteiger partial charge in [-0.05, 0) is 41.8 Å². The number of aromatic nitrogens is 1. The normalized spacial score (nSPS) is 14.4. The molecule has 1 saturated heterocycles. The highest BCUT2D eigenvalue weighted by molar-refractivity contribution is 6.30. The molecule has 4 rings (SSSR count). The van der Waals surface area contributed by atoms with E-state index in [1.165, 1.54) is 22.2 Å². The molecule has 130 valence electrons. The highest BCUT2D eigenvalue weighted by Gasteiger charge is 2.14. The van der Waals surface area contributed by atoms with E-state index in [4.69, 9.17) is 16.6 Å². The second kappa shape index (κ2) is 8.05. The summed E-state index contributed by atoms with van der Waals surface area (Å²) >= 11 is 6.09. The number of nitrogens with zero attached hydrogens (tertiary/aromatic N) is 2. The van der Waals surface area contributed by atoms with Crippen molar-refractivity contribution in [2.75, 3.05) is 31.1 Å². The van der Waals surface area contributed by atoms with E-state index in [-0.39, 0.29) is 12.4 Å². The van der Waals surface area contributed by atoms with Crippen LogP contribution < -0.4 is 10.2 Å². The fraction of sp³-hybridized carbons (Fsp3) is 0.250. The van der Waals surface area contributed by atoms with Gasteiger partial charge in [-0.15, -0.1) is 12.4 Å². The molecule has 1 aliphatic heterocycles. The number of para-hydroxylation sites is 1. The largest absolute Gasteiger partial charge is 0.367 e. The molecule has 0 unspecified atom stereocenters. The lowest BCUT2D eigenvalue weighted by Gasteiger charge is -2.30. The first-order valence-corrected chi connectivity index (χ1v) is 8.75. The maximum absolute atomic E-state index is 6.09. The minimum absolute atomic E-state index is 0. The van der Waals surface area contributed by atoms with E-state index < -0.39 is 0 Å². The summed E-state index contributed by atoms with van der Waals surface area (Å²) in [6.45, 7) is 4.13. The Kier molecular flexibility index (Phi) is 5.79. The number of halogens is 2. The van der Waals surface area contributed by atoms with Crippen LogP contribution in [0.2, 0.25) is 5.02 Å². The van der Waals surface area contributed by atoms with E-state index in [1.54, 1.807) is 0 Å². The molecule has 1 fully saturated rings. The molecule has 1 N–H and O–H groups in total. The highest BCUT2D eigenvalue weighted by atomic mass is 35.5. The Labute approximate surface area is 159 Å². The Bertz CT molecular complexity index is 860. The molecule has 3 aromatic rings. The number of hydrogen-bond acceptors (Lipinski definition) is 3. The first kappa shape index (κ1) is 18.0. The van der Waals surface area contributed by atoms with E-state index in [0.29, 0.717) is 0 Å². The van der Waals surface area contributed by atoms with E-state index in [0.717, 1.165) is 43.1 Å². The lowest BCUT2D eigenvalue weighted by Crippen LogP contribution is -2.43. The number of pyridine rings is 1. The second-order valence-electron chi connectivity index (χ2n) is 6.24. The molecule has 2 heterocycles. The lowest BCUT2D eigenvalue weighted by atomic mass is 10.0. The molecule has 0 bridgehead atoms. The van der Waals surface area contributed by atoms with Crippen molar-refractivity contribution in [2.45, 2.75) is 6.42 Å². The minimum atomic E-state index is 0. The van der Waals surface area contributed by atoms with Gasteiger partial charge in [-0.3, -0.25) is 4.98 Å². The van der Waals surface area contributed by atoms with Crippen molar-refractivity contribution in [3.8, 4) is 0 Å². The monoisotopic (exact) mass is 373 g/mol. The van der Waals surface area contributed by atoms with E-state index in [2.05, 4.69) is 40.5 Å². The predicted octanol–water partition coefficient (Wildman–Crippen LogP) is 4.31. The Morgan fingerprint density at radius 3 is 2.60 bits per heavy atom. The van der Waals surface area contributed by atoms with Gasteiger partial charge < -0.3 is 10.2 Å². The van der Waals surface area contributed by atoms with Crippen molar-refractivity contribution in [2.24, 2.45) is 0 Å². The summed E-state index contributed by atoms with van der Waals surface area (Å²) < 4.78 is 0. The SMILES string of the molecule is Cl.Clc1cccc(Cc2cnc3c(N4CCNCC4)cccc3c2)c1. The van der Waals surface area contributed by atoms with Gasteiger partial charge in [-0.2, -0.15) is 0 Å². The van der Waals surface area contributed by atoms with E-state index >= 15 is 0 Å². The van der Waals surface area contributed by atoms with Crippen LogP contribution in [0.4, 0.5) is 5.69 Å². The van der Waals surface area contributed by atoms with Gasteiger partial charge in [0.2, 0.25) is 0 Å². The summed E-state index contributed by atoms with van der Waals surface area (Å²) in [6.07, 6.45) is 2.84. The van der Waals surface area contributed by atoms with E-state index in [9.17, 15) is 0 Å². The van der Waals surface area contributed by atoms with Gasteiger partial charge in [0, 0.05) is 42.8 Å². The molecule has 0 spiro atoms. The molecular weight excluding hydrogens is 353 g/mol. The summed E-state index contributed by atoms with van der Waals surface area (Å²) in [6, 6.07) is 16.7. The van der Waals surface area contributed by atoms with Crippen LogP contribution in [0.5, 0.6) is 0 Å². The van der Waals surface area contributed by atoms with Gasteiger partial charge in [0.25, 0.3) is 0 Å². The predicted molar refractivity (Wildman–Crippen MR) is 108 cm³/mol. The van der Waals surface area contributed by atoms with Gasteiger partial charge in [-0.25, -0.2) is 0 Å². The summed E-state index contributed by atoms with van der Waals surface area (Å²) in [5, 5.41) is 5.38. The summed E-state index contributed by atoms with van der Waals surface area (Å²) in [4.78, 5) is 7.20. The first-order chi connectivity index (χ1) is 11.8.